The van der Waals surface area contributed by atoms with Crippen LogP contribution in [0.15, 0.2) is 36.4 Å². The molecule has 0 bridgehead atoms. The van der Waals surface area contributed by atoms with Crippen LogP contribution in [0.5, 0.6) is 0 Å². The van der Waals surface area contributed by atoms with Gasteiger partial charge in [0.1, 0.15) is 11.9 Å². The highest BCUT2D eigenvalue weighted by Crippen LogP contribution is 2.35. The summed E-state index contributed by atoms with van der Waals surface area (Å²) in [5.74, 6) is -0.284. The fourth-order valence-electron chi connectivity index (χ4n) is 2.77. The van der Waals surface area contributed by atoms with Crippen LogP contribution >= 0.6 is 0 Å². The first-order valence-electron chi connectivity index (χ1n) is 7.39. The number of hydrogen-bond acceptors (Lipinski definition) is 2. The molecule has 1 aliphatic rings. The number of nitrogens with zero attached hydrogens (tertiary/aromatic N) is 1. The third-order valence-corrected chi connectivity index (χ3v) is 4.14. The first-order valence-corrected chi connectivity index (χ1v) is 7.39. The SMILES string of the molecule is Cc1cc2c(cc1C)N(Cc1cccc(F)c1)C(=O)C(C)N2. The fraction of sp³-hybridized carbons (Fsp3) is 0.278. The van der Waals surface area contributed by atoms with Crippen molar-refractivity contribution in [3.63, 3.8) is 0 Å². The second kappa shape index (κ2) is 5.44. The van der Waals surface area contributed by atoms with Crippen molar-refractivity contribution in [1.29, 1.82) is 0 Å². The second-order valence-corrected chi connectivity index (χ2v) is 5.87. The van der Waals surface area contributed by atoms with Gasteiger partial charge in [0.15, 0.2) is 0 Å². The lowest BCUT2D eigenvalue weighted by molar-refractivity contribution is -0.119. The Morgan fingerprint density at radius 2 is 1.91 bits per heavy atom. The second-order valence-electron chi connectivity index (χ2n) is 5.87. The Hall–Kier alpha value is -2.36. The van der Waals surface area contributed by atoms with Gasteiger partial charge in [-0.25, -0.2) is 4.39 Å². The number of halogens is 1. The number of amides is 1. The van der Waals surface area contributed by atoms with E-state index in [4.69, 9.17) is 0 Å². The topological polar surface area (TPSA) is 32.3 Å². The smallest absolute Gasteiger partial charge is 0.249 e. The van der Waals surface area contributed by atoms with Crippen molar-refractivity contribution in [3.05, 3.63) is 58.9 Å². The van der Waals surface area contributed by atoms with Crippen LogP contribution in [0.1, 0.15) is 23.6 Å². The average Bonchev–Trinajstić information content (AvgIpc) is 2.46. The maximum Gasteiger partial charge on any atom is 0.249 e. The van der Waals surface area contributed by atoms with Gasteiger partial charge in [0, 0.05) is 0 Å². The van der Waals surface area contributed by atoms with E-state index in [1.165, 1.54) is 17.7 Å². The Balaban J connectivity index is 2.03. The van der Waals surface area contributed by atoms with Gasteiger partial charge in [-0.05, 0) is 61.7 Å². The molecule has 2 aromatic carbocycles. The molecule has 22 heavy (non-hydrogen) atoms. The van der Waals surface area contributed by atoms with Crippen molar-refractivity contribution in [2.75, 3.05) is 10.2 Å². The normalized spacial score (nSPS) is 17.2. The molecule has 1 amide bonds. The molecule has 0 radical (unpaired) electrons. The number of anilines is 2. The molecule has 0 saturated heterocycles. The van der Waals surface area contributed by atoms with Gasteiger partial charge in [-0.1, -0.05) is 12.1 Å². The molecule has 2 aromatic rings. The number of rotatable bonds is 2. The lowest BCUT2D eigenvalue weighted by Gasteiger charge is -2.34. The Kier molecular flexibility index (Phi) is 3.61. The van der Waals surface area contributed by atoms with E-state index in [-0.39, 0.29) is 17.8 Å². The molecule has 3 nitrogen and oxygen atoms in total. The fourth-order valence-corrected chi connectivity index (χ4v) is 2.77. The quantitative estimate of drug-likeness (QED) is 0.915. The van der Waals surface area contributed by atoms with Crippen LogP contribution in [0.2, 0.25) is 0 Å². The maximum atomic E-state index is 13.4. The van der Waals surface area contributed by atoms with Gasteiger partial charge in [0.25, 0.3) is 0 Å². The molecule has 3 rings (SSSR count). The molecule has 4 heteroatoms. The minimum Gasteiger partial charge on any atom is -0.372 e. The van der Waals surface area contributed by atoms with E-state index < -0.39 is 0 Å². The van der Waals surface area contributed by atoms with Crippen molar-refractivity contribution in [3.8, 4) is 0 Å². The highest BCUT2D eigenvalue weighted by molar-refractivity contribution is 6.04. The molecule has 1 heterocycles. The Labute approximate surface area is 129 Å². The molecule has 1 N–H and O–H groups in total. The summed E-state index contributed by atoms with van der Waals surface area (Å²) in [6.45, 7) is 6.30. The lowest BCUT2D eigenvalue weighted by Crippen LogP contribution is -2.45. The predicted molar refractivity (Wildman–Crippen MR) is 86.6 cm³/mol. The van der Waals surface area contributed by atoms with E-state index in [2.05, 4.69) is 18.3 Å². The van der Waals surface area contributed by atoms with E-state index in [1.54, 1.807) is 11.0 Å². The third-order valence-electron chi connectivity index (χ3n) is 4.14. The van der Waals surface area contributed by atoms with Crippen LogP contribution in [-0.2, 0) is 11.3 Å². The van der Waals surface area contributed by atoms with E-state index in [0.29, 0.717) is 6.54 Å². The number of aryl methyl sites for hydroxylation is 2. The van der Waals surface area contributed by atoms with Gasteiger partial charge in [0.2, 0.25) is 5.91 Å². The summed E-state index contributed by atoms with van der Waals surface area (Å²) in [7, 11) is 0. The van der Waals surface area contributed by atoms with E-state index in [1.807, 2.05) is 26.0 Å². The molecular weight excluding hydrogens is 279 g/mol. The van der Waals surface area contributed by atoms with Crippen molar-refractivity contribution in [2.45, 2.75) is 33.4 Å². The summed E-state index contributed by atoms with van der Waals surface area (Å²) in [5, 5.41) is 3.24. The summed E-state index contributed by atoms with van der Waals surface area (Å²) < 4.78 is 13.4. The molecule has 1 atom stereocenters. The van der Waals surface area contributed by atoms with Crippen LogP contribution in [0.4, 0.5) is 15.8 Å². The first kappa shape index (κ1) is 14.6. The zero-order chi connectivity index (χ0) is 15.9. The number of nitrogens with one attached hydrogen (secondary N) is 1. The molecule has 0 spiro atoms. The minimum absolute atomic E-state index is 0.0000132. The van der Waals surface area contributed by atoms with E-state index >= 15 is 0 Å². The van der Waals surface area contributed by atoms with E-state index in [9.17, 15) is 9.18 Å². The van der Waals surface area contributed by atoms with Crippen LogP contribution in [-0.4, -0.2) is 11.9 Å². The number of carbonyl (C=O) groups excluding carboxylic acids is 1. The molecule has 0 saturated carbocycles. The molecule has 114 valence electrons. The van der Waals surface area contributed by atoms with E-state index in [0.717, 1.165) is 22.5 Å². The lowest BCUT2D eigenvalue weighted by atomic mass is 10.0. The Bertz CT molecular complexity index is 742. The van der Waals surface area contributed by atoms with Crippen molar-refractivity contribution < 1.29 is 9.18 Å². The van der Waals surface area contributed by atoms with Crippen molar-refractivity contribution in [1.82, 2.24) is 0 Å². The van der Waals surface area contributed by atoms with Gasteiger partial charge >= 0.3 is 0 Å². The van der Waals surface area contributed by atoms with Gasteiger partial charge < -0.3 is 10.2 Å². The Morgan fingerprint density at radius 1 is 1.18 bits per heavy atom. The monoisotopic (exact) mass is 298 g/mol. The zero-order valence-corrected chi connectivity index (χ0v) is 13.0. The first-order chi connectivity index (χ1) is 10.5. The standard InChI is InChI=1S/C18H19FN2O/c1-11-7-16-17(8-12(11)2)21(18(22)13(3)20-16)10-14-5-4-6-15(19)9-14/h4-9,13,20H,10H2,1-3H3. The summed E-state index contributed by atoms with van der Waals surface area (Å²) in [6, 6.07) is 10.2. The molecule has 0 aliphatic carbocycles. The summed E-state index contributed by atoms with van der Waals surface area (Å²) >= 11 is 0. The molecule has 0 fully saturated rings. The van der Waals surface area contributed by atoms with Gasteiger partial charge in [-0.3, -0.25) is 4.79 Å². The molecule has 1 aliphatic heterocycles. The summed E-state index contributed by atoms with van der Waals surface area (Å²) in [4.78, 5) is 14.3. The number of carbonyl (C=O) groups is 1. The molecule has 0 aromatic heterocycles. The van der Waals surface area contributed by atoms with Gasteiger partial charge in [-0.15, -0.1) is 0 Å². The van der Waals surface area contributed by atoms with Crippen molar-refractivity contribution >= 4 is 17.3 Å². The third kappa shape index (κ3) is 2.56. The largest absolute Gasteiger partial charge is 0.372 e. The molecular formula is C18H19FN2O. The minimum atomic E-state index is -0.289. The van der Waals surface area contributed by atoms with Crippen LogP contribution < -0.4 is 10.2 Å². The van der Waals surface area contributed by atoms with Crippen molar-refractivity contribution in [2.24, 2.45) is 0 Å². The van der Waals surface area contributed by atoms with Gasteiger partial charge in [0.05, 0.1) is 17.9 Å². The summed E-state index contributed by atoms with van der Waals surface area (Å²) in [5.41, 5.74) is 4.90. The number of benzene rings is 2. The van der Waals surface area contributed by atoms with Gasteiger partial charge in [-0.2, -0.15) is 0 Å². The predicted octanol–water partition coefficient (Wildman–Crippen LogP) is 3.79. The zero-order valence-electron chi connectivity index (χ0n) is 13.0. The molecule has 1 unspecified atom stereocenters. The highest BCUT2D eigenvalue weighted by atomic mass is 19.1. The average molecular weight is 298 g/mol. The maximum absolute atomic E-state index is 13.4. The van der Waals surface area contributed by atoms with Crippen LogP contribution in [0, 0.1) is 19.7 Å². The van der Waals surface area contributed by atoms with Crippen LogP contribution in [0.25, 0.3) is 0 Å². The Morgan fingerprint density at radius 3 is 2.64 bits per heavy atom. The number of hydrogen-bond donors (Lipinski definition) is 1. The van der Waals surface area contributed by atoms with Crippen LogP contribution in [0.3, 0.4) is 0 Å². The highest BCUT2D eigenvalue weighted by Gasteiger charge is 2.30. The summed E-state index contributed by atoms with van der Waals surface area (Å²) in [6.07, 6.45) is 0. The number of fused-ring (bicyclic) bond motifs is 1.